The Hall–Kier alpha value is -3.15. The predicted molar refractivity (Wildman–Crippen MR) is 100 cm³/mol. The second kappa shape index (κ2) is 7.00. The molecule has 0 bridgehead atoms. The van der Waals surface area contributed by atoms with E-state index in [9.17, 15) is 0 Å². The summed E-state index contributed by atoms with van der Waals surface area (Å²) in [6.07, 6.45) is 2.62. The second-order valence-electron chi connectivity index (χ2n) is 6.16. The predicted octanol–water partition coefficient (Wildman–Crippen LogP) is 4.06. The number of rotatable bonds is 3. The summed E-state index contributed by atoms with van der Waals surface area (Å²) in [6, 6.07) is 11.5. The molecule has 3 aromatic rings. The van der Waals surface area contributed by atoms with Gasteiger partial charge in [0.05, 0.1) is 13.2 Å². The van der Waals surface area contributed by atoms with Gasteiger partial charge in [0.25, 0.3) is 0 Å². The van der Waals surface area contributed by atoms with E-state index in [1.165, 1.54) is 0 Å². The minimum absolute atomic E-state index is 0.602. The molecule has 4 rings (SSSR count). The molecule has 0 spiro atoms. The first-order valence-corrected chi connectivity index (χ1v) is 8.64. The number of nitrogens with one attached hydrogen (secondary N) is 1. The Morgan fingerprint density at radius 3 is 2.62 bits per heavy atom. The Labute approximate surface area is 152 Å². The van der Waals surface area contributed by atoms with Crippen molar-refractivity contribution >= 4 is 11.5 Å². The molecule has 1 N–H and O–H groups in total. The summed E-state index contributed by atoms with van der Waals surface area (Å²) in [7, 11) is 0. The van der Waals surface area contributed by atoms with E-state index >= 15 is 0 Å². The van der Waals surface area contributed by atoms with Gasteiger partial charge in [0.2, 0.25) is 0 Å². The van der Waals surface area contributed by atoms with Crippen LogP contribution in [0.5, 0.6) is 11.5 Å². The van der Waals surface area contributed by atoms with Crippen LogP contribution >= 0.6 is 0 Å². The summed E-state index contributed by atoms with van der Waals surface area (Å²) in [5.41, 5.74) is 3.55. The highest BCUT2D eigenvalue weighted by atomic mass is 16.5. The van der Waals surface area contributed by atoms with E-state index in [1.54, 1.807) is 6.20 Å². The number of nitrogens with zero attached hydrogens (tertiary/aromatic N) is 3. The molecule has 0 aliphatic carbocycles. The minimum atomic E-state index is 0.602. The first-order chi connectivity index (χ1) is 12.7. The lowest BCUT2D eigenvalue weighted by atomic mass is 10.2. The first-order valence-electron chi connectivity index (χ1n) is 8.64. The second-order valence-corrected chi connectivity index (χ2v) is 6.16. The van der Waals surface area contributed by atoms with Crippen LogP contribution < -0.4 is 14.8 Å². The lowest BCUT2D eigenvalue weighted by molar-refractivity contribution is 0.297. The van der Waals surface area contributed by atoms with Gasteiger partial charge in [0.1, 0.15) is 11.5 Å². The van der Waals surface area contributed by atoms with Crippen molar-refractivity contribution in [3.63, 3.8) is 0 Å². The van der Waals surface area contributed by atoms with Gasteiger partial charge in [-0.3, -0.25) is 4.98 Å². The van der Waals surface area contributed by atoms with Crippen LogP contribution in [-0.2, 0) is 0 Å². The van der Waals surface area contributed by atoms with Crippen LogP contribution in [0.2, 0.25) is 0 Å². The fourth-order valence-electron chi connectivity index (χ4n) is 2.74. The normalized spacial score (nSPS) is 13.2. The molecule has 0 atom stereocenters. The lowest BCUT2D eigenvalue weighted by Gasteiger charge is -2.14. The highest BCUT2D eigenvalue weighted by Crippen LogP contribution is 2.33. The molecule has 3 heterocycles. The number of aromatic nitrogens is 3. The molecule has 0 fully saturated rings. The van der Waals surface area contributed by atoms with Gasteiger partial charge >= 0.3 is 0 Å². The zero-order chi connectivity index (χ0) is 17.9. The molecule has 0 saturated carbocycles. The first kappa shape index (κ1) is 16.3. The number of pyridine rings is 1. The van der Waals surface area contributed by atoms with Gasteiger partial charge in [-0.05, 0) is 38.1 Å². The van der Waals surface area contributed by atoms with Crippen molar-refractivity contribution in [1.29, 1.82) is 0 Å². The average molecular weight is 348 g/mol. The third-order valence-electron chi connectivity index (χ3n) is 4.29. The molecule has 0 unspecified atom stereocenters. The molecule has 0 amide bonds. The molecule has 1 aliphatic heterocycles. The maximum atomic E-state index is 5.77. The van der Waals surface area contributed by atoms with Gasteiger partial charge in [-0.25, -0.2) is 9.97 Å². The Morgan fingerprint density at radius 2 is 1.81 bits per heavy atom. The fraction of sp³-hybridized carbons (Fsp3) is 0.250. The van der Waals surface area contributed by atoms with Crippen molar-refractivity contribution in [2.45, 2.75) is 20.3 Å². The Kier molecular flexibility index (Phi) is 4.39. The Bertz CT molecular complexity index is 929. The van der Waals surface area contributed by atoms with Crippen LogP contribution in [0.1, 0.15) is 17.7 Å². The summed E-state index contributed by atoms with van der Waals surface area (Å²) in [5, 5.41) is 3.38. The molecule has 6 nitrogen and oxygen atoms in total. The fourth-order valence-corrected chi connectivity index (χ4v) is 2.74. The highest BCUT2D eigenvalue weighted by Gasteiger charge is 2.14. The summed E-state index contributed by atoms with van der Waals surface area (Å²) in [5.74, 6) is 2.89. The molecular weight excluding hydrogens is 328 g/mol. The molecular formula is C20H20N4O2. The van der Waals surface area contributed by atoms with Gasteiger partial charge < -0.3 is 14.8 Å². The van der Waals surface area contributed by atoms with E-state index in [2.05, 4.69) is 20.3 Å². The molecule has 1 aromatic carbocycles. The zero-order valence-electron chi connectivity index (χ0n) is 14.8. The number of hydrogen-bond acceptors (Lipinski definition) is 6. The maximum Gasteiger partial charge on any atom is 0.180 e. The van der Waals surface area contributed by atoms with E-state index in [0.717, 1.165) is 46.4 Å². The zero-order valence-corrected chi connectivity index (χ0v) is 14.8. The summed E-state index contributed by atoms with van der Waals surface area (Å²) >= 11 is 0. The largest absolute Gasteiger partial charge is 0.490 e. The molecule has 0 radical (unpaired) electrons. The van der Waals surface area contributed by atoms with Crippen molar-refractivity contribution in [2.75, 3.05) is 18.5 Å². The molecule has 26 heavy (non-hydrogen) atoms. The highest BCUT2D eigenvalue weighted by molar-refractivity contribution is 5.65. The van der Waals surface area contributed by atoms with Crippen molar-refractivity contribution in [3.8, 4) is 23.0 Å². The molecule has 2 aromatic heterocycles. The smallest absolute Gasteiger partial charge is 0.180 e. The van der Waals surface area contributed by atoms with E-state index in [1.807, 2.05) is 50.2 Å². The summed E-state index contributed by atoms with van der Waals surface area (Å²) < 4.78 is 11.5. The van der Waals surface area contributed by atoms with Crippen LogP contribution in [0.4, 0.5) is 11.5 Å². The van der Waals surface area contributed by atoms with Crippen LogP contribution in [0.3, 0.4) is 0 Å². The SMILES string of the molecule is Cc1nc(-c2ccccn2)nc(Nc2ccc3c(c2)OCCCO3)c1C. The number of fused-ring (bicyclic) bond motifs is 1. The van der Waals surface area contributed by atoms with Crippen LogP contribution in [0.25, 0.3) is 11.5 Å². The Morgan fingerprint density at radius 1 is 0.962 bits per heavy atom. The van der Waals surface area contributed by atoms with E-state index in [0.29, 0.717) is 19.0 Å². The van der Waals surface area contributed by atoms with Crippen LogP contribution in [-0.4, -0.2) is 28.2 Å². The van der Waals surface area contributed by atoms with Crippen molar-refractivity contribution < 1.29 is 9.47 Å². The van der Waals surface area contributed by atoms with E-state index < -0.39 is 0 Å². The van der Waals surface area contributed by atoms with Gasteiger partial charge in [-0.1, -0.05) is 6.07 Å². The number of hydrogen-bond donors (Lipinski definition) is 1. The molecule has 132 valence electrons. The standard InChI is InChI=1S/C20H20N4O2/c1-13-14(2)22-20(16-6-3-4-9-21-16)24-19(13)23-15-7-8-17-18(12-15)26-11-5-10-25-17/h3-4,6-9,12H,5,10-11H2,1-2H3,(H,22,23,24). The van der Waals surface area contributed by atoms with Gasteiger partial charge in [-0.2, -0.15) is 0 Å². The van der Waals surface area contributed by atoms with E-state index in [4.69, 9.17) is 9.47 Å². The number of ether oxygens (including phenoxy) is 2. The number of anilines is 2. The van der Waals surface area contributed by atoms with Gasteiger partial charge in [-0.15, -0.1) is 0 Å². The average Bonchev–Trinajstić information content (AvgIpc) is 2.91. The third kappa shape index (κ3) is 3.31. The van der Waals surface area contributed by atoms with Gasteiger partial charge in [0.15, 0.2) is 17.3 Å². The van der Waals surface area contributed by atoms with Crippen LogP contribution in [0.15, 0.2) is 42.6 Å². The minimum Gasteiger partial charge on any atom is -0.490 e. The van der Waals surface area contributed by atoms with Crippen molar-refractivity contribution in [2.24, 2.45) is 0 Å². The number of benzene rings is 1. The van der Waals surface area contributed by atoms with Crippen LogP contribution in [0, 0.1) is 13.8 Å². The Balaban J connectivity index is 1.68. The van der Waals surface area contributed by atoms with Gasteiger partial charge in [0, 0.05) is 35.6 Å². The van der Waals surface area contributed by atoms with Crippen molar-refractivity contribution in [3.05, 3.63) is 53.9 Å². The lowest BCUT2D eigenvalue weighted by Crippen LogP contribution is -2.04. The summed E-state index contributed by atoms with van der Waals surface area (Å²) in [4.78, 5) is 13.6. The number of aryl methyl sites for hydroxylation is 1. The summed E-state index contributed by atoms with van der Waals surface area (Å²) in [6.45, 7) is 5.31. The van der Waals surface area contributed by atoms with E-state index in [-0.39, 0.29) is 0 Å². The quantitative estimate of drug-likeness (QED) is 0.770. The van der Waals surface area contributed by atoms with Crippen molar-refractivity contribution in [1.82, 2.24) is 15.0 Å². The maximum absolute atomic E-state index is 5.77. The molecule has 6 heteroatoms. The third-order valence-corrected chi connectivity index (χ3v) is 4.29. The monoisotopic (exact) mass is 348 g/mol. The molecule has 0 saturated heterocycles. The molecule has 1 aliphatic rings. The topological polar surface area (TPSA) is 69.2 Å².